The van der Waals surface area contributed by atoms with E-state index in [0.717, 1.165) is 10.9 Å². The average Bonchev–Trinajstić information content (AvgIpc) is 2.59. The first kappa shape index (κ1) is 18.2. The lowest BCUT2D eigenvalue weighted by Crippen LogP contribution is -2.26. The van der Waals surface area contributed by atoms with Gasteiger partial charge in [0, 0.05) is 30.3 Å². The molecule has 0 bridgehead atoms. The van der Waals surface area contributed by atoms with Gasteiger partial charge in [0.2, 0.25) is 0 Å². The zero-order chi connectivity index (χ0) is 17.4. The van der Waals surface area contributed by atoms with E-state index in [0.29, 0.717) is 30.0 Å². The number of amides is 2. The molecule has 0 fully saturated rings. The zero-order valence-corrected chi connectivity index (χ0v) is 14.9. The summed E-state index contributed by atoms with van der Waals surface area (Å²) in [5, 5.41) is 5.61. The lowest BCUT2D eigenvalue weighted by atomic mass is 10.1. The van der Waals surface area contributed by atoms with E-state index in [1.165, 1.54) is 0 Å². The van der Waals surface area contributed by atoms with Crippen molar-refractivity contribution in [3.05, 3.63) is 64.1 Å². The van der Waals surface area contributed by atoms with Gasteiger partial charge in [0.1, 0.15) is 0 Å². The SMILES string of the molecule is COCCCNC(=O)c1ccccc1NC(=O)c1cccc(Br)c1. The van der Waals surface area contributed by atoms with Crippen molar-refractivity contribution in [2.75, 3.05) is 25.6 Å². The van der Waals surface area contributed by atoms with Crippen LogP contribution in [0, 0.1) is 0 Å². The Hall–Kier alpha value is -2.18. The molecule has 6 heteroatoms. The fourth-order valence-corrected chi connectivity index (χ4v) is 2.53. The second-order valence-corrected chi connectivity index (χ2v) is 6.03. The number of hydrogen-bond donors (Lipinski definition) is 2. The minimum absolute atomic E-state index is 0.226. The highest BCUT2D eigenvalue weighted by Crippen LogP contribution is 2.18. The highest BCUT2D eigenvalue weighted by atomic mass is 79.9. The van der Waals surface area contributed by atoms with Gasteiger partial charge < -0.3 is 15.4 Å². The van der Waals surface area contributed by atoms with Crippen molar-refractivity contribution in [1.29, 1.82) is 0 Å². The highest BCUT2D eigenvalue weighted by molar-refractivity contribution is 9.10. The number of halogens is 1. The monoisotopic (exact) mass is 390 g/mol. The number of carbonyl (C=O) groups is 2. The molecule has 2 rings (SSSR count). The molecule has 126 valence electrons. The first-order valence-electron chi connectivity index (χ1n) is 7.55. The van der Waals surface area contributed by atoms with Gasteiger partial charge in [0.15, 0.2) is 0 Å². The summed E-state index contributed by atoms with van der Waals surface area (Å²) in [5.41, 5.74) is 1.42. The molecule has 2 N–H and O–H groups in total. The number of ether oxygens (including phenoxy) is 1. The van der Waals surface area contributed by atoms with Gasteiger partial charge in [0.25, 0.3) is 11.8 Å². The van der Waals surface area contributed by atoms with Crippen LogP contribution < -0.4 is 10.6 Å². The van der Waals surface area contributed by atoms with Crippen LogP contribution >= 0.6 is 15.9 Å². The van der Waals surface area contributed by atoms with Crippen LogP contribution in [-0.2, 0) is 4.74 Å². The third kappa shape index (κ3) is 5.18. The Morgan fingerprint density at radius 3 is 2.62 bits per heavy atom. The number of benzene rings is 2. The first-order valence-corrected chi connectivity index (χ1v) is 8.34. The summed E-state index contributed by atoms with van der Waals surface area (Å²) in [5.74, 6) is -0.493. The minimum Gasteiger partial charge on any atom is -0.385 e. The molecule has 0 unspecified atom stereocenters. The highest BCUT2D eigenvalue weighted by Gasteiger charge is 2.13. The number of methoxy groups -OCH3 is 1. The van der Waals surface area contributed by atoms with Crippen molar-refractivity contribution >= 4 is 33.4 Å². The molecule has 0 aliphatic rings. The molecule has 0 atom stereocenters. The van der Waals surface area contributed by atoms with Gasteiger partial charge in [-0.1, -0.05) is 34.1 Å². The fourth-order valence-electron chi connectivity index (χ4n) is 2.13. The van der Waals surface area contributed by atoms with Crippen molar-refractivity contribution < 1.29 is 14.3 Å². The Balaban J connectivity index is 2.08. The predicted molar refractivity (Wildman–Crippen MR) is 97.4 cm³/mol. The number of anilines is 1. The lowest BCUT2D eigenvalue weighted by molar-refractivity contribution is 0.0949. The molecule has 24 heavy (non-hydrogen) atoms. The molecule has 0 radical (unpaired) electrons. The number of carbonyl (C=O) groups excluding carboxylic acids is 2. The standard InChI is InChI=1S/C18H19BrN2O3/c1-24-11-5-10-20-18(23)15-8-2-3-9-16(15)21-17(22)13-6-4-7-14(19)12-13/h2-4,6-9,12H,5,10-11H2,1H3,(H,20,23)(H,21,22). The fraction of sp³-hybridized carbons (Fsp3) is 0.222. The summed E-state index contributed by atoms with van der Waals surface area (Å²) >= 11 is 3.34. The second-order valence-electron chi connectivity index (χ2n) is 5.11. The maximum absolute atomic E-state index is 12.4. The zero-order valence-electron chi connectivity index (χ0n) is 13.3. The maximum Gasteiger partial charge on any atom is 0.255 e. The molecule has 2 aromatic carbocycles. The van der Waals surface area contributed by atoms with E-state index < -0.39 is 0 Å². The Labute approximate surface area is 149 Å². The van der Waals surface area contributed by atoms with Crippen molar-refractivity contribution in [2.45, 2.75) is 6.42 Å². The lowest BCUT2D eigenvalue weighted by Gasteiger charge is -2.11. The molecule has 0 saturated heterocycles. The largest absolute Gasteiger partial charge is 0.385 e. The van der Waals surface area contributed by atoms with Crippen molar-refractivity contribution in [1.82, 2.24) is 5.32 Å². The van der Waals surface area contributed by atoms with Crippen LogP contribution in [0.2, 0.25) is 0 Å². The molecular formula is C18H19BrN2O3. The van der Waals surface area contributed by atoms with E-state index in [1.54, 1.807) is 49.6 Å². The van der Waals surface area contributed by atoms with Gasteiger partial charge in [0.05, 0.1) is 11.3 Å². The van der Waals surface area contributed by atoms with Crippen molar-refractivity contribution in [3.8, 4) is 0 Å². The van der Waals surface area contributed by atoms with Gasteiger partial charge in [-0.2, -0.15) is 0 Å². The van der Waals surface area contributed by atoms with Gasteiger partial charge in [-0.3, -0.25) is 9.59 Å². The average molecular weight is 391 g/mol. The van der Waals surface area contributed by atoms with E-state index in [1.807, 2.05) is 6.07 Å². The van der Waals surface area contributed by atoms with Crippen LogP contribution in [-0.4, -0.2) is 32.1 Å². The summed E-state index contributed by atoms with van der Waals surface area (Å²) in [7, 11) is 1.62. The molecule has 0 aromatic heterocycles. The van der Waals surface area contributed by atoms with Crippen LogP contribution in [0.15, 0.2) is 53.0 Å². The third-order valence-corrected chi connectivity index (χ3v) is 3.81. The minimum atomic E-state index is -0.268. The van der Waals surface area contributed by atoms with Crippen molar-refractivity contribution in [3.63, 3.8) is 0 Å². The van der Waals surface area contributed by atoms with Crippen LogP contribution in [0.25, 0.3) is 0 Å². The van der Waals surface area contributed by atoms with Crippen LogP contribution in [0.1, 0.15) is 27.1 Å². The number of rotatable bonds is 7. The predicted octanol–water partition coefficient (Wildman–Crippen LogP) is 3.47. The van der Waals surface area contributed by atoms with Crippen molar-refractivity contribution in [2.24, 2.45) is 0 Å². The number of nitrogens with one attached hydrogen (secondary N) is 2. The maximum atomic E-state index is 12.4. The number of hydrogen-bond acceptors (Lipinski definition) is 3. The van der Waals surface area contributed by atoms with Gasteiger partial charge in [-0.05, 0) is 36.8 Å². The van der Waals surface area contributed by atoms with E-state index in [-0.39, 0.29) is 11.8 Å². The molecule has 0 aliphatic carbocycles. The van der Waals surface area contributed by atoms with E-state index >= 15 is 0 Å². The topological polar surface area (TPSA) is 67.4 Å². The summed E-state index contributed by atoms with van der Waals surface area (Å²) < 4.78 is 5.77. The molecule has 0 aliphatic heterocycles. The second kappa shape index (κ2) is 9.20. The quantitative estimate of drug-likeness (QED) is 0.711. The Kier molecular flexibility index (Phi) is 6.96. The Morgan fingerprint density at radius 1 is 1.08 bits per heavy atom. The van der Waals surface area contributed by atoms with Gasteiger partial charge >= 0.3 is 0 Å². The van der Waals surface area contributed by atoms with Crippen LogP contribution in [0.3, 0.4) is 0 Å². The first-order chi connectivity index (χ1) is 11.6. The summed E-state index contributed by atoms with van der Waals surface area (Å²) in [6.45, 7) is 1.10. The molecule has 2 aromatic rings. The molecule has 0 saturated carbocycles. The van der Waals surface area contributed by atoms with Crippen LogP contribution in [0.4, 0.5) is 5.69 Å². The normalized spacial score (nSPS) is 10.2. The third-order valence-electron chi connectivity index (χ3n) is 3.32. The van der Waals surface area contributed by atoms with Gasteiger partial charge in [-0.15, -0.1) is 0 Å². The van der Waals surface area contributed by atoms with Gasteiger partial charge in [-0.25, -0.2) is 0 Å². The summed E-state index contributed by atoms with van der Waals surface area (Å²) in [6, 6.07) is 14.0. The summed E-state index contributed by atoms with van der Waals surface area (Å²) in [4.78, 5) is 24.7. The number of para-hydroxylation sites is 1. The smallest absolute Gasteiger partial charge is 0.255 e. The summed E-state index contributed by atoms with van der Waals surface area (Å²) in [6.07, 6.45) is 0.731. The molecular weight excluding hydrogens is 372 g/mol. The Bertz CT molecular complexity index is 719. The molecule has 0 heterocycles. The van der Waals surface area contributed by atoms with Crippen LogP contribution in [0.5, 0.6) is 0 Å². The molecule has 2 amide bonds. The van der Waals surface area contributed by atoms with E-state index in [4.69, 9.17) is 4.74 Å². The van der Waals surface area contributed by atoms with E-state index in [2.05, 4.69) is 26.6 Å². The molecule has 0 spiro atoms. The molecule has 5 nitrogen and oxygen atoms in total. The van der Waals surface area contributed by atoms with E-state index in [9.17, 15) is 9.59 Å². The Morgan fingerprint density at radius 2 is 1.88 bits per heavy atom.